The van der Waals surface area contributed by atoms with E-state index >= 15 is 0 Å². The van der Waals surface area contributed by atoms with Crippen LogP contribution >= 0.6 is 11.6 Å². The molecule has 1 fully saturated rings. The van der Waals surface area contributed by atoms with Crippen molar-refractivity contribution in [1.82, 2.24) is 19.8 Å². The number of halogens is 1. The molecule has 1 aliphatic rings. The van der Waals surface area contributed by atoms with E-state index in [2.05, 4.69) is 19.8 Å². The van der Waals surface area contributed by atoms with Crippen LogP contribution in [-0.4, -0.2) is 46.5 Å². The Morgan fingerprint density at radius 2 is 2.17 bits per heavy atom. The van der Waals surface area contributed by atoms with Crippen LogP contribution in [0, 0.1) is 0 Å². The Morgan fingerprint density at radius 3 is 2.92 bits per heavy atom. The highest BCUT2D eigenvalue weighted by molar-refractivity contribution is 6.30. The molecule has 1 N–H and O–H groups in total. The van der Waals surface area contributed by atoms with Gasteiger partial charge in [-0.1, -0.05) is 23.7 Å². The molecule has 128 valence electrons. The highest BCUT2D eigenvalue weighted by Gasteiger charge is 2.22. The van der Waals surface area contributed by atoms with Gasteiger partial charge in [-0.3, -0.25) is 9.69 Å². The number of piperidine rings is 1. The number of rotatable bonds is 6. The van der Waals surface area contributed by atoms with Crippen LogP contribution < -0.4 is 5.32 Å². The summed E-state index contributed by atoms with van der Waals surface area (Å²) in [4.78, 5) is 18.5. The fourth-order valence-electron chi connectivity index (χ4n) is 3.16. The molecule has 0 saturated carbocycles. The molecule has 0 spiro atoms. The first-order valence-electron chi connectivity index (χ1n) is 8.41. The maximum atomic E-state index is 12.2. The van der Waals surface area contributed by atoms with Crippen LogP contribution in [0.3, 0.4) is 0 Å². The number of nitrogens with zero attached hydrogens (tertiary/aromatic N) is 3. The zero-order valence-electron chi connectivity index (χ0n) is 13.7. The second-order valence-electron chi connectivity index (χ2n) is 6.27. The van der Waals surface area contributed by atoms with Crippen molar-refractivity contribution in [3.05, 3.63) is 53.6 Å². The van der Waals surface area contributed by atoms with Crippen molar-refractivity contribution in [2.75, 3.05) is 26.2 Å². The lowest BCUT2D eigenvalue weighted by atomic mass is 10.1. The summed E-state index contributed by atoms with van der Waals surface area (Å²) in [5.41, 5.74) is 1.18. The van der Waals surface area contributed by atoms with Crippen molar-refractivity contribution in [1.29, 1.82) is 0 Å². The Hall–Kier alpha value is -1.85. The molecule has 1 atom stereocenters. The minimum absolute atomic E-state index is 0.0928. The molecule has 2 aromatic rings. The molecule has 0 bridgehead atoms. The van der Waals surface area contributed by atoms with Gasteiger partial charge in [-0.2, -0.15) is 0 Å². The number of imidazole rings is 1. The van der Waals surface area contributed by atoms with Crippen molar-refractivity contribution < 1.29 is 4.79 Å². The molecule has 0 radical (unpaired) electrons. The Balaban J connectivity index is 1.40. The number of aromatic nitrogens is 2. The van der Waals surface area contributed by atoms with E-state index in [1.54, 1.807) is 0 Å². The van der Waals surface area contributed by atoms with Crippen molar-refractivity contribution in [3.63, 3.8) is 0 Å². The zero-order valence-corrected chi connectivity index (χ0v) is 14.5. The van der Waals surface area contributed by atoms with Crippen LogP contribution in [-0.2, 0) is 11.2 Å². The highest BCUT2D eigenvalue weighted by Crippen LogP contribution is 2.20. The van der Waals surface area contributed by atoms with Crippen LogP contribution in [0.25, 0.3) is 0 Å². The van der Waals surface area contributed by atoms with Gasteiger partial charge < -0.3 is 9.88 Å². The van der Waals surface area contributed by atoms with Crippen molar-refractivity contribution in [3.8, 4) is 0 Å². The molecule has 1 amide bonds. The minimum atomic E-state index is 0.0928. The molecule has 1 aliphatic heterocycles. The second-order valence-corrected chi connectivity index (χ2v) is 6.70. The average Bonchev–Trinajstić information content (AvgIpc) is 3.11. The summed E-state index contributed by atoms with van der Waals surface area (Å²) in [6, 6.07) is 8.16. The Kier molecular flexibility index (Phi) is 5.88. The van der Waals surface area contributed by atoms with Crippen LogP contribution in [0.1, 0.15) is 24.4 Å². The fourth-order valence-corrected chi connectivity index (χ4v) is 3.29. The Labute approximate surface area is 147 Å². The normalized spacial score (nSPS) is 18.5. The van der Waals surface area contributed by atoms with Gasteiger partial charge in [0.2, 0.25) is 5.91 Å². The van der Waals surface area contributed by atoms with E-state index < -0.39 is 0 Å². The van der Waals surface area contributed by atoms with E-state index in [0.717, 1.165) is 37.4 Å². The molecule has 24 heavy (non-hydrogen) atoms. The van der Waals surface area contributed by atoms with E-state index in [1.807, 2.05) is 43.0 Å². The third-order valence-corrected chi connectivity index (χ3v) is 4.70. The second kappa shape index (κ2) is 8.31. The van der Waals surface area contributed by atoms with Gasteiger partial charge in [-0.25, -0.2) is 4.98 Å². The number of benzene rings is 1. The average molecular weight is 347 g/mol. The van der Waals surface area contributed by atoms with E-state index in [4.69, 9.17) is 11.6 Å². The summed E-state index contributed by atoms with van der Waals surface area (Å²) >= 11 is 5.87. The van der Waals surface area contributed by atoms with Crippen LogP contribution in [0.5, 0.6) is 0 Å². The van der Waals surface area contributed by atoms with Gasteiger partial charge in [0.25, 0.3) is 0 Å². The Bertz CT molecular complexity index is 642. The van der Waals surface area contributed by atoms with Gasteiger partial charge in [0.05, 0.1) is 12.9 Å². The summed E-state index contributed by atoms with van der Waals surface area (Å²) in [6.45, 7) is 3.00. The van der Waals surface area contributed by atoms with Crippen LogP contribution in [0.2, 0.25) is 5.02 Å². The molecule has 2 heterocycles. The largest absolute Gasteiger partial charge is 0.355 e. The van der Waals surface area contributed by atoms with E-state index in [9.17, 15) is 4.79 Å². The monoisotopic (exact) mass is 346 g/mol. The first-order valence-corrected chi connectivity index (χ1v) is 8.79. The molecule has 1 aromatic heterocycles. The van der Waals surface area contributed by atoms with Crippen molar-refractivity contribution in [2.45, 2.75) is 25.3 Å². The van der Waals surface area contributed by atoms with Gasteiger partial charge in [0.15, 0.2) is 0 Å². The number of nitrogens with one attached hydrogen (secondary N) is 1. The predicted octanol–water partition coefficient (Wildman–Crippen LogP) is 2.53. The number of likely N-dealkylation sites (tertiary alicyclic amines) is 1. The predicted molar refractivity (Wildman–Crippen MR) is 95.1 cm³/mol. The first-order chi connectivity index (χ1) is 11.7. The van der Waals surface area contributed by atoms with E-state index in [1.165, 1.54) is 5.56 Å². The maximum Gasteiger partial charge on any atom is 0.234 e. The summed E-state index contributed by atoms with van der Waals surface area (Å²) in [7, 11) is 0. The first kappa shape index (κ1) is 17.0. The van der Waals surface area contributed by atoms with Crippen molar-refractivity contribution >= 4 is 17.5 Å². The SMILES string of the molecule is O=C(CN1CCCC(n2ccnc2)C1)NCCc1ccc(Cl)cc1. The van der Waals surface area contributed by atoms with E-state index in [-0.39, 0.29) is 5.91 Å². The number of carbonyl (C=O) groups is 1. The quantitative estimate of drug-likeness (QED) is 0.874. The molecular formula is C18H23ClN4O. The standard InChI is InChI=1S/C18H23ClN4O/c19-16-5-3-15(4-6-16)7-8-21-18(24)13-22-10-1-2-17(12-22)23-11-9-20-14-23/h3-6,9,11,14,17H,1-2,7-8,10,12-13H2,(H,21,24). The molecule has 0 aliphatic carbocycles. The molecule has 1 saturated heterocycles. The smallest absolute Gasteiger partial charge is 0.234 e. The molecule has 6 heteroatoms. The van der Waals surface area contributed by atoms with E-state index in [0.29, 0.717) is 19.1 Å². The number of amides is 1. The molecule has 3 rings (SSSR count). The lowest BCUT2D eigenvalue weighted by molar-refractivity contribution is -0.122. The number of hydrogen-bond acceptors (Lipinski definition) is 3. The third kappa shape index (κ3) is 4.82. The van der Waals surface area contributed by atoms with Gasteiger partial charge >= 0.3 is 0 Å². The van der Waals surface area contributed by atoms with Crippen LogP contribution in [0.15, 0.2) is 43.0 Å². The minimum Gasteiger partial charge on any atom is -0.355 e. The number of carbonyl (C=O) groups excluding carboxylic acids is 1. The van der Waals surface area contributed by atoms with Crippen molar-refractivity contribution in [2.24, 2.45) is 0 Å². The number of hydrogen-bond donors (Lipinski definition) is 1. The fraction of sp³-hybridized carbons (Fsp3) is 0.444. The highest BCUT2D eigenvalue weighted by atomic mass is 35.5. The van der Waals surface area contributed by atoms with Gasteiger partial charge in [-0.15, -0.1) is 0 Å². The van der Waals surface area contributed by atoms with Gasteiger partial charge in [-0.05, 0) is 43.5 Å². The third-order valence-electron chi connectivity index (χ3n) is 4.44. The molecule has 1 aromatic carbocycles. The molecule has 5 nitrogen and oxygen atoms in total. The maximum absolute atomic E-state index is 12.2. The molecule has 1 unspecified atom stereocenters. The van der Waals surface area contributed by atoms with Crippen LogP contribution in [0.4, 0.5) is 0 Å². The summed E-state index contributed by atoms with van der Waals surface area (Å²) in [5.74, 6) is 0.0928. The summed E-state index contributed by atoms with van der Waals surface area (Å²) < 4.78 is 2.14. The molecular weight excluding hydrogens is 324 g/mol. The zero-order chi connectivity index (χ0) is 16.8. The summed E-state index contributed by atoms with van der Waals surface area (Å²) in [6.07, 6.45) is 8.75. The topological polar surface area (TPSA) is 50.2 Å². The lowest BCUT2D eigenvalue weighted by Crippen LogP contribution is -2.43. The van der Waals surface area contributed by atoms with Gasteiger partial charge in [0, 0.05) is 36.5 Å². The summed E-state index contributed by atoms with van der Waals surface area (Å²) in [5, 5.41) is 3.75. The lowest BCUT2D eigenvalue weighted by Gasteiger charge is -2.32. The Morgan fingerprint density at radius 1 is 1.33 bits per heavy atom. The van der Waals surface area contributed by atoms with Gasteiger partial charge in [0.1, 0.15) is 0 Å².